The molecule has 10 heteroatoms. The molecule has 2 aliphatic heterocycles. The molecular weight excluding hydrogens is 492 g/mol. The van der Waals surface area contributed by atoms with Crippen molar-refractivity contribution >= 4 is 24.2 Å². The summed E-state index contributed by atoms with van der Waals surface area (Å²) in [5, 5.41) is 2.48. The Labute approximate surface area is 213 Å². The summed E-state index contributed by atoms with van der Waals surface area (Å²) in [6.07, 6.45) is -5.51. The van der Waals surface area contributed by atoms with Crippen LogP contribution in [0.5, 0.6) is 0 Å². The van der Waals surface area contributed by atoms with Crippen LogP contribution in [0.2, 0.25) is 0 Å². The van der Waals surface area contributed by atoms with Crippen molar-refractivity contribution < 1.29 is 36.1 Å². The Kier molecular flexibility index (Phi) is 5.85. The van der Waals surface area contributed by atoms with Gasteiger partial charge in [0.15, 0.2) is 0 Å². The third-order valence-corrected chi connectivity index (χ3v) is 8.61. The van der Waals surface area contributed by atoms with Crippen molar-refractivity contribution in [2.24, 2.45) is 5.92 Å². The van der Waals surface area contributed by atoms with E-state index in [1.165, 1.54) is 12.1 Å². The van der Waals surface area contributed by atoms with Crippen molar-refractivity contribution in [2.45, 2.75) is 82.1 Å². The quantitative estimate of drug-likeness (QED) is 0.394. The standard InChI is InChI=1S/C27H29BF5NO3/c1-23(2)24(3,4)37-28(36-23)18-10-8-16(9-11-18)26(17-12-14-25(29,30)15-13-17)19-6-5-7-20(27(31,32)33)21(19)34-22(26)35/h5-11,17H,12-15H2,1-4H3,(H,34,35)/t26-/m0/s1. The largest absolute Gasteiger partial charge is 0.494 e. The maximum absolute atomic E-state index is 14.1. The molecular formula is C27H29BF5NO3. The summed E-state index contributed by atoms with van der Waals surface area (Å²) in [6.45, 7) is 7.70. The lowest BCUT2D eigenvalue weighted by molar-refractivity contribution is -0.136. The van der Waals surface area contributed by atoms with Crippen LogP contribution < -0.4 is 10.8 Å². The lowest BCUT2D eigenvalue weighted by Gasteiger charge is -2.40. The highest BCUT2D eigenvalue weighted by Gasteiger charge is 2.57. The molecule has 1 amide bonds. The van der Waals surface area contributed by atoms with E-state index in [1.807, 2.05) is 27.7 Å². The van der Waals surface area contributed by atoms with Gasteiger partial charge in [0.05, 0.1) is 22.5 Å². The van der Waals surface area contributed by atoms with Crippen LogP contribution in [0.1, 0.15) is 70.1 Å². The molecule has 0 spiro atoms. The average Bonchev–Trinajstić information content (AvgIpc) is 3.21. The number of anilines is 1. The first-order valence-corrected chi connectivity index (χ1v) is 12.4. The van der Waals surface area contributed by atoms with E-state index < -0.39 is 66.1 Å². The van der Waals surface area contributed by atoms with E-state index in [-0.39, 0.29) is 24.1 Å². The second-order valence-corrected chi connectivity index (χ2v) is 11.3. The van der Waals surface area contributed by atoms with Gasteiger partial charge < -0.3 is 14.6 Å². The first-order chi connectivity index (χ1) is 17.1. The highest BCUT2D eigenvalue weighted by Crippen LogP contribution is 2.55. The molecule has 0 aromatic heterocycles. The second kappa shape index (κ2) is 8.27. The van der Waals surface area contributed by atoms with E-state index in [0.717, 1.165) is 6.07 Å². The second-order valence-electron chi connectivity index (χ2n) is 11.3. The molecule has 1 saturated heterocycles. The van der Waals surface area contributed by atoms with Gasteiger partial charge in [-0.2, -0.15) is 13.2 Å². The first-order valence-electron chi connectivity index (χ1n) is 12.4. The van der Waals surface area contributed by atoms with Crippen LogP contribution in [-0.4, -0.2) is 30.2 Å². The van der Waals surface area contributed by atoms with Crippen LogP contribution in [0.3, 0.4) is 0 Å². The monoisotopic (exact) mass is 521 g/mol. The Morgan fingerprint density at radius 2 is 1.49 bits per heavy atom. The third kappa shape index (κ3) is 4.07. The summed E-state index contributed by atoms with van der Waals surface area (Å²) >= 11 is 0. The SMILES string of the molecule is CC1(C)OB(c2ccc([C@@]3(C4CCC(F)(F)CC4)C(=O)Nc4c(C(F)(F)F)cccc43)cc2)OC1(C)C. The van der Waals surface area contributed by atoms with Gasteiger partial charge in [-0.15, -0.1) is 0 Å². The highest BCUT2D eigenvalue weighted by atomic mass is 19.4. The minimum absolute atomic E-state index is 0.00901. The van der Waals surface area contributed by atoms with Crippen LogP contribution in [0.4, 0.5) is 27.6 Å². The van der Waals surface area contributed by atoms with Crippen LogP contribution in [0.15, 0.2) is 42.5 Å². The summed E-state index contributed by atoms with van der Waals surface area (Å²) in [5.41, 5.74) is -2.59. The molecule has 5 rings (SSSR count). The van der Waals surface area contributed by atoms with Gasteiger partial charge in [0.2, 0.25) is 11.8 Å². The molecule has 0 radical (unpaired) electrons. The Hall–Kier alpha value is -2.46. The number of carbonyl (C=O) groups excluding carboxylic acids is 1. The number of hydrogen-bond donors (Lipinski definition) is 1. The van der Waals surface area contributed by atoms with Crippen LogP contribution in [0.25, 0.3) is 0 Å². The van der Waals surface area contributed by atoms with Gasteiger partial charge in [0.1, 0.15) is 5.41 Å². The summed E-state index contributed by atoms with van der Waals surface area (Å²) in [4.78, 5) is 13.7. The summed E-state index contributed by atoms with van der Waals surface area (Å²) in [6, 6.07) is 10.5. The molecule has 1 aliphatic carbocycles. The number of nitrogens with one attached hydrogen (secondary N) is 1. The molecule has 198 valence electrons. The molecule has 2 aromatic rings. The molecule has 3 aliphatic rings. The summed E-state index contributed by atoms with van der Waals surface area (Å²) in [7, 11) is -0.662. The smallest absolute Gasteiger partial charge is 0.399 e. The Morgan fingerprint density at radius 1 is 0.919 bits per heavy atom. The van der Waals surface area contributed by atoms with Gasteiger partial charge in [-0.05, 0) is 69.1 Å². The van der Waals surface area contributed by atoms with Gasteiger partial charge >= 0.3 is 13.3 Å². The van der Waals surface area contributed by atoms with E-state index in [4.69, 9.17) is 9.31 Å². The number of amides is 1. The van der Waals surface area contributed by atoms with Gasteiger partial charge in [-0.1, -0.05) is 36.4 Å². The zero-order valence-corrected chi connectivity index (χ0v) is 21.1. The number of carbonyl (C=O) groups is 1. The van der Waals surface area contributed by atoms with Gasteiger partial charge in [0.25, 0.3) is 0 Å². The molecule has 1 N–H and O–H groups in total. The molecule has 2 heterocycles. The van der Waals surface area contributed by atoms with Gasteiger partial charge in [-0.25, -0.2) is 8.78 Å². The van der Waals surface area contributed by atoms with E-state index in [1.54, 1.807) is 24.3 Å². The number of alkyl halides is 5. The predicted octanol–water partition coefficient (Wildman–Crippen LogP) is 6.07. The number of fused-ring (bicyclic) bond motifs is 1. The fourth-order valence-corrected chi connectivity index (χ4v) is 5.87. The summed E-state index contributed by atoms with van der Waals surface area (Å²) < 4.78 is 81.9. The van der Waals surface area contributed by atoms with Crippen LogP contribution >= 0.6 is 0 Å². The van der Waals surface area contributed by atoms with E-state index in [0.29, 0.717) is 11.0 Å². The Bertz CT molecular complexity index is 1200. The molecule has 2 fully saturated rings. The maximum Gasteiger partial charge on any atom is 0.494 e. The summed E-state index contributed by atoms with van der Waals surface area (Å²) in [5.74, 6) is -4.08. The van der Waals surface area contributed by atoms with Crippen LogP contribution in [0, 0.1) is 5.92 Å². The molecule has 0 unspecified atom stereocenters. The molecule has 2 aromatic carbocycles. The Morgan fingerprint density at radius 3 is 2.03 bits per heavy atom. The van der Waals surface area contributed by atoms with E-state index in [2.05, 4.69) is 5.32 Å². The van der Waals surface area contributed by atoms with Crippen molar-refractivity contribution in [1.82, 2.24) is 0 Å². The number of para-hydroxylation sites is 1. The van der Waals surface area contributed by atoms with Crippen LogP contribution in [-0.2, 0) is 25.7 Å². The van der Waals surface area contributed by atoms with Crippen molar-refractivity contribution in [2.75, 3.05) is 5.32 Å². The minimum Gasteiger partial charge on any atom is -0.399 e. The molecule has 1 saturated carbocycles. The minimum atomic E-state index is -4.69. The molecule has 37 heavy (non-hydrogen) atoms. The lowest BCUT2D eigenvalue weighted by Crippen LogP contribution is -2.46. The zero-order chi connectivity index (χ0) is 27.0. The topological polar surface area (TPSA) is 47.6 Å². The highest BCUT2D eigenvalue weighted by molar-refractivity contribution is 6.62. The lowest BCUT2D eigenvalue weighted by atomic mass is 9.61. The number of halogens is 5. The molecule has 0 bridgehead atoms. The number of benzene rings is 2. The first kappa shape index (κ1) is 26.2. The number of hydrogen-bond acceptors (Lipinski definition) is 3. The molecule has 1 atom stereocenters. The predicted molar refractivity (Wildman–Crippen MR) is 130 cm³/mol. The maximum atomic E-state index is 14.1. The Balaban J connectivity index is 1.61. The van der Waals surface area contributed by atoms with Crippen molar-refractivity contribution in [3.8, 4) is 0 Å². The van der Waals surface area contributed by atoms with Crippen molar-refractivity contribution in [1.29, 1.82) is 0 Å². The van der Waals surface area contributed by atoms with E-state index >= 15 is 0 Å². The third-order valence-electron chi connectivity index (χ3n) is 8.61. The average molecular weight is 521 g/mol. The van der Waals surface area contributed by atoms with Gasteiger partial charge in [-0.3, -0.25) is 4.79 Å². The van der Waals surface area contributed by atoms with Gasteiger partial charge in [0, 0.05) is 12.8 Å². The zero-order valence-electron chi connectivity index (χ0n) is 21.1. The number of rotatable bonds is 3. The van der Waals surface area contributed by atoms with Crippen molar-refractivity contribution in [3.05, 3.63) is 59.2 Å². The fraction of sp³-hybridized carbons (Fsp3) is 0.519. The normalized spacial score (nSPS) is 26.7. The fourth-order valence-electron chi connectivity index (χ4n) is 5.87. The van der Waals surface area contributed by atoms with E-state index in [9.17, 15) is 26.7 Å². The molecule has 4 nitrogen and oxygen atoms in total. The van der Waals surface area contributed by atoms with Crippen molar-refractivity contribution in [3.63, 3.8) is 0 Å².